The highest BCUT2D eigenvalue weighted by Crippen LogP contribution is 2.34. The summed E-state index contributed by atoms with van der Waals surface area (Å²) in [6.07, 6.45) is 5.37. The van der Waals surface area contributed by atoms with Crippen LogP contribution in [0.3, 0.4) is 0 Å². The van der Waals surface area contributed by atoms with Crippen molar-refractivity contribution in [3.8, 4) is 0 Å². The molecule has 3 heterocycles. The van der Waals surface area contributed by atoms with Gasteiger partial charge >= 0.3 is 0 Å². The average molecular weight is 410 g/mol. The zero-order valence-corrected chi connectivity index (χ0v) is 16.8. The second-order valence-electron chi connectivity index (χ2n) is 8.81. The molecule has 1 aliphatic carbocycles. The van der Waals surface area contributed by atoms with E-state index in [1.165, 1.54) is 25.7 Å². The molecule has 0 spiro atoms. The van der Waals surface area contributed by atoms with Crippen molar-refractivity contribution < 1.29 is 19.2 Å². The highest BCUT2D eigenvalue weighted by Gasteiger charge is 2.45. The molecule has 2 saturated heterocycles. The van der Waals surface area contributed by atoms with Crippen molar-refractivity contribution in [1.29, 1.82) is 0 Å². The molecule has 158 valence electrons. The minimum absolute atomic E-state index is 0.120. The van der Waals surface area contributed by atoms with Crippen molar-refractivity contribution in [1.82, 2.24) is 20.9 Å². The lowest BCUT2D eigenvalue weighted by molar-refractivity contribution is -0.136. The van der Waals surface area contributed by atoms with Crippen molar-refractivity contribution in [2.24, 2.45) is 5.92 Å². The largest absolute Gasteiger partial charge is 0.311 e. The van der Waals surface area contributed by atoms with Gasteiger partial charge in [0.25, 0.3) is 11.8 Å². The van der Waals surface area contributed by atoms with Crippen LogP contribution in [0.5, 0.6) is 0 Å². The van der Waals surface area contributed by atoms with Gasteiger partial charge in [-0.1, -0.05) is 18.6 Å². The maximum Gasteiger partial charge on any atom is 0.262 e. The molecule has 1 saturated carbocycles. The Morgan fingerprint density at radius 1 is 1.07 bits per heavy atom. The van der Waals surface area contributed by atoms with E-state index in [2.05, 4.69) is 16.0 Å². The number of rotatable bonds is 5. The fourth-order valence-corrected chi connectivity index (χ4v) is 5.53. The first kappa shape index (κ1) is 19.4. The number of benzene rings is 1. The van der Waals surface area contributed by atoms with Crippen LogP contribution in [0.15, 0.2) is 18.2 Å². The molecule has 1 aromatic rings. The van der Waals surface area contributed by atoms with Crippen molar-refractivity contribution >= 4 is 23.6 Å². The predicted octanol–water partition coefficient (Wildman–Crippen LogP) is 0.708. The smallest absolute Gasteiger partial charge is 0.262 e. The number of nitrogens with zero attached hydrogens (tertiary/aromatic N) is 1. The van der Waals surface area contributed by atoms with Gasteiger partial charge in [-0.25, -0.2) is 0 Å². The number of amides is 4. The lowest BCUT2D eigenvalue weighted by Gasteiger charge is -2.27. The Bertz CT molecular complexity index is 918. The van der Waals surface area contributed by atoms with Crippen LogP contribution in [-0.4, -0.2) is 53.2 Å². The molecular formula is C22H26N4O4. The zero-order valence-electron chi connectivity index (χ0n) is 16.8. The third-order valence-corrected chi connectivity index (χ3v) is 6.96. The molecular weight excluding hydrogens is 384 g/mol. The normalized spacial score (nSPS) is 30.6. The van der Waals surface area contributed by atoms with Crippen molar-refractivity contribution in [3.63, 3.8) is 0 Å². The summed E-state index contributed by atoms with van der Waals surface area (Å²) in [5.74, 6) is -1.08. The number of nitrogens with one attached hydrogen (secondary N) is 3. The molecule has 3 N–H and O–H groups in total. The Morgan fingerprint density at radius 3 is 2.73 bits per heavy atom. The van der Waals surface area contributed by atoms with Crippen molar-refractivity contribution in [3.05, 3.63) is 34.9 Å². The molecule has 4 atom stereocenters. The molecule has 4 amide bonds. The first-order chi connectivity index (χ1) is 14.5. The summed E-state index contributed by atoms with van der Waals surface area (Å²) < 4.78 is 0. The van der Waals surface area contributed by atoms with Crippen LogP contribution < -0.4 is 16.0 Å². The van der Waals surface area contributed by atoms with E-state index in [-0.39, 0.29) is 18.7 Å². The van der Waals surface area contributed by atoms with Crippen LogP contribution in [0, 0.1) is 5.92 Å². The summed E-state index contributed by atoms with van der Waals surface area (Å²) in [5, 5.41) is 9.37. The SMILES string of the molecule is O=C1CCC(N2C(=O)c3cccc(CNC[C@@H]4C[C@@H]5CCC[C@@H]5N4)c3C2=O)C(=O)N1. The van der Waals surface area contributed by atoms with Gasteiger partial charge in [-0.2, -0.15) is 0 Å². The van der Waals surface area contributed by atoms with Crippen LogP contribution in [-0.2, 0) is 16.1 Å². The van der Waals surface area contributed by atoms with Crippen LogP contribution in [0.4, 0.5) is 0 Å². The molecule has 3 aliphatic heterocycles. The van der Waals surface area contributed by atoms with E-state index in [1.807, 2.05) is 6.07 Å². The van der Waals surface area contributed by atoms with E-state index in [0.29, 0.717) is 29.8 Å². The second kappa shape index (κ2) is 7.59. The summed E-state index contributed by atoms with van der Waals surface area (Å²) in [6, 6.07) is 5.41. The van der Waals surface area contributed by atoms with E-state index < -0.39 is 23.8 Å². The lowest BCUT2D eigenvalue weighted by Crippen LogP contribution is -2.54. The minimum Gasteiger partial charge on any atom is -0.311 e. The molecule has 0 radical (unpaired) electrons. The van der Waals surface area contributed by atoms with Crippen LogP contribution in [0.2, 0.25) is 0 Å². The Labute approximate surface area is 174 Å². The topological polar surface area (TPSA) is 108 Å². The molecule has 0 bridgehead atoms. The maximum atomic E-state index is 13.1. The zero-order chi connectivity index (χ0) is 20.8. The Balaban J connectivity index is 1.27. The Hall–Kier alpha value is -2.58. The quantitative estimate of drug-likeness (QED) is 0.617. The number of hydrogen-bond acceptors (Lipinski definition) is 6. The highest BCUT2D eigenvalue weighted by molar-refractivity contribution is 6.24. The van der Waals surface area contributed by atoms with Crippen molar-refractivity contribution in [2.45, 2.75) is 63.2 Å². The van der Waals surface area contributed by atoms with Gasteiger partial charge in [0.1, 0.15) is 6.04 Å². The summed E-state index contributed by atoms with van der Waals surface area (Å²) in [4.78, 5) is 50.7. The average Bonchev–Trinajstić information content (AvgIpc) is 3.37. The van der Waals surface area contributed by atoms with Gasteiger partial charge in [-0.3, -0.25) is 29.4 Å². The third-order valence-electron chi connectivity index (χ3n) is 6.96. The molecule has 8 heteroatoms. The summed E-state index contributed by atoms with van der Waals surface area (Å²) >= 11 is 0. The molecule has 3 fully saturated rings. The minimum atomic E-state index is -0.932. The van der Waals surface area contributed by atoms with E-state index in [1.54, 1.807) is 12.1 Å². The van der Waals surface area contributed by atoms with E-state index in [0.717, 1.165) is 22.9 Å². The molecule has 0 aromatic heterocycles. The molecule has 30 heavy (non-hydrogen) atoms. The molecule has 5 rings (SSSR count). The van der Waals surface area contributed by atoms with Gasteiger partial charge in [0.15, 0.2) is 0 Å². The van der Waals surface area contributed by atoms with Gasteiger partial charge in [0, 0.05) is 31.6 Å². The predicted molar refractivity (Wildman–Crippen MR) is 107 cm³/mol. The summed E-state index contributed by atoms with van der Waals surface area (Å²) in [6.45, 7) is 1.30. The van der Waals surface area contributed by atoms with E-state index in [9.17, 15) is 19.2 Å². The van der Waals surface area contributed by atoms with E-state index >= 15 is 0 Å². The number of piperidine rings is 1. The number of carbonyl (C=O) groups is 4. The fraction of sp³-hybridized carbons (Fsp3) is 0.545. The van der Waals surface area contributed by atoms with Gasteiger partial charge in [-0.15, -0.1) is 0 Å². The first-order valence-corrected chi connectivity index (χ1v) is 10.8. The molecule has 8 nitrogen and oxygen atoms in total. The lowest BCUT2D eigenvalue weighted by atomic mass is 10.0. The Kier molecular flexibility index (Phi) is 4.91. The van der Waals surface area contributed by atoms with E-state index in [4.69, 9.17) is 0 Å². The fourth-order valence-electron chi connectivity index (χ4n) is 5.53. The monoisotopic (exact) mass is 410 g/mol. The summed E-state index contributed by atoms with van der Waals surface area (Å²) in [5.41, 5.74) is 1.47. The standard InChI is InChI=1S/C22H26N4O4/c27-18-8-7-17(20(28)25-18)26-21(29)15-5-1-4-13(19(15)22(26)30)10-23-11-14-9-12-3-2-6-16(12)24-14/h1,4-5,12,14,16-17,23-24H,2-3,6-11H2,(H,25,27,28)/t12-,14-,16-,17?/m0/s1. The molecule has 1 aromatic carbocycles. The summed E-state index contributed by atoms with van der Waals surface area (Å²) in [7, 11) is 0. The van der Waals surface area contributed by atoms with Crippen LogP contribution >= 0.6 is 0 Å². The number of hydrogen-bond donors (Lipinski definition) is 3. The van der Waals surface area contributed by atoms with Gasteiger partial charge < -0.3 is 10.6 Å². The molecule has 1 unspecified atom stereocenters. The number of imide groups is 2. The highest BCUT2D eigenvalue weighted by atomic mass is 16.2. The Morgan fingerprint density at radius 2 is 1.93 bits per heavy atom. The van der Waals surface area contributed by atoms with Crippen LogP contribution in [0.1, 0.15) is 64.8 Å². The first-order valence-electron chi connectivity index (χ1n) is 10.8. The third kappa shape index (κ3) is 3.24. The number of carbonyl (C=O) groups excluding carboxylic acids is 4. The van der Waals surface area contributed by atoms with Gasteiger partial charge in [0.2, 0.25) is 11.8 Å². The number of fused-ring (bicyclic) bond motifs is 2. The van der Waals surface area contributed by atoms with Gasteiger partial charge in [0.05, 0.1) is 11.1 Å². The van der Waals surface area contributed by atoms with Crippen LogP contribution in [0.25, 0.3) is 0 Å². The maximum absolute atomic E-state index is 13.1. The molecule has 4 aliphatic rings. The second-order valence-corrected chi connectivity index (χ2v) is 8.81. The van der Waals surface area contributed by atoms with Gasteiger partial charge in [-0.05, 0) is 43.2 Å². The van der Waals surface area contributed by atoms with Crippen molar-refractivity contribution in [2.75, 3.05) is 6.54 Å².